The molecule has 0 saturated heterocycles. The summed E-state index contributed by atoms with van der Waals surface area (Å²) in [6, 6.07) is 2.64. The van der Waals surface area contributed by atoms with Gasteiger partial charge in [-0.05, 0) is 18.2 Å². The van der Waals surface area contributed by atoms with E-state index in [1.54, 1.807) is 0 Å². The smallest absolute Gasteiger partial charge is 0.416 e. The van der Waals surface area contributed by atoms with Crippen molar-refractivity contribution in [1.82, 2.24) is 9.55 Å². The lowest BCUT2D eigenvalue weighted by atomic mass is 10.1. The average Bonchev–Trinajstić information content (AvgIpc) is 2.84. The molecule has 1 aromatic heterocycles. The Bertz CT molecular complexity index is 647. The fraction of sp³-hybridized carbons (Fsp3) is 0.231. The van der Waals surface area contributed by atoms with Crippen molar-refractivity contribution in [2.75, 3.05) is 0 Å². The monoisotopic (exact) mass is 284 g/mol. The third kappa shape index (κ3) is 2.52. The lowest BCUT2D eigenvalue weighted by Crippen LogP contribution is -2.11. The third-order valence-electron chi connectivity index (χ3n) is 2.85. The number of imidazole rings is 1. The highest BCUT2D eigenvalue weighted by Crippen LogP contribution is 2.31. The number of halogens is 3. The maximum atomic E-state index is 12.6. The molecule has 0 atom stereocenters. The van der Waals surface area contributed by atoms with Crippen LogP contribution in [0.3, 0.4) is 0 Å². The Kier molecular flexibility index (Phi) is 3.52. The van der Waals surface area contributed by atoms with Crippen molar-refractivity contribution in [3.63, 3.8) is 0 Å². The van der Waals surface area contributed by atoms with Crippen LogP contribution >= 0.6 is 0 Å². The van der Waals surface area contributed by atoms with Gasteiger partial charge in [-0.2, -0.15) is 13.2 Å². The number of aryl methyl sites for hydroxylation is 1. The summed E-state index contributed by atoms with van der Waals surface area (Å²) in [7, 11) is 0. The Labute approximate surface area is 112 Å². The van der Waals surface area contributed by atoms with E-state index in [1.807, 2.05) is 6.92 Å². The van der Waals surface area contributed by atoms with Crippen LogP contribution in [0.25, 0.3) is 5.69 Å². The van der Waals surface area contributed by atoms with Gasteiger partial charge in [0.05, 0.1) is 16.8 Å². The van der Waals surface area contributed by atoms with Crippen LogP contribution < -0.4 is 0 Å². The highest BCUT2D eigenvalue weighted by Gasteiger charge is 2.32. The first kappa shape index (κ1) is 14.1. The quantitative estimate of drug-likeness (QED) is 0.942. The molecule has 2 aromatic rings. The van der Waals surface area contributed by atoms with Gasteiger partial charge in [0.15, 0.2) is 0 Å². The van der Waals surface area contributed by atoms with Crippen molar-refractivity contribution in [3.05, 3.63) is 47.5 Å². The zero-order valence-corrected chi connectivity index (χ0v) is 10.5. The van der Waals surface area contributed by atoms with E-state index < -0.39 is 23.3 Å². The number of benzene rings is 1. The molecular weight excluding hydrogens is 273 g/mol. The molecule has 0 saturated carbocycles. The van der Waals surface area contributed by atoms with Crippen LogP contribution in [0.2, 0.25) is 0 Å². The molecule has 0 bridgehead atoms. The van der Waals surface area contributed by atoms with E-state index in [2.05, 4.69) is 4.98 Å². The number of alkyl halides is 3. The Hall–Kier alpha value is -2.31. The molecule has 1 heterocycles. The van der Waals surface area contributed by atoms with Crippen LogP contribution in [0, 0.1) is 0 Å². The van der Waals surface area contributed by atoms with Crippen molar-refractivity contribution in [2.24, 2.45) is 0 Å². The molecule has 0 aliphatic heterocycles. The molecule has 0 amide bonds. The van der Waals surface area contributed by atoms with Gasteiger partial charge in [0.25, 0.3) is 0 Å². The first-order valence-corrected chi connectivity index (χ1v) is 5.81. The summed E-state index contributed by atoms with van der Waals surface area (Å²) in [5.74, 6) is -0.839. The highest BCUT2D eigenvalue weighted by atomic mass is 19.4. The van der Waals surface area contributed by atoms with Gasteiger partial charge in [0, 0.05) is 18.8 Å². The summed E-state index contributed by atoms with van der Waals surface area (Å²) in [4.78, 5) is 15.2. The molecule has 20 heavy (non-hydrogen) atoms. The number of carbonyl (C=O) groups is 1. The van der Waals surface area contributed by atoms with E-state index in [4.69, 9.17) is 5.11 Å². The van der Waals surface area contributed by atoms with E-state index in [1.165, 1.54) is 17.0 Å². The minimum atomic E-state index is -4.58. The summed E-state index contributed by atoms with van der Waals surface area (Å²) in [6.07, 6.45) is -1.05. The Balaban J connectivity index is 2.63. The van der Waals surface area contributed by atoms with Crippen molar-refractivity contribution in [1.29, 1.82) is 0 Å². The second-order valence-corrected chi connectivity index (χ2v) is 4.10. The SMILES string of the molecule is CCc1nccn1-c1ccc(C(F)(F)F)cc1C(=O)O. The first-order chi connectivity index (χ1) is 9.34. The Morgan fingerprint density at radius 2 is 2.10 bits per heavy atom. The van der Waals surface area contributed by atoms with E-state index in [0.717, 1.165) is 12.1 Å². The summed E-state index contributed by atoms with van der Waals surface area (Å²) in [6.45, 7) is 1.82. The van der Waals surface area contributed by atoms with E-state index in [0.29, 0.717) is 18.3 Å². The lowest BCUT2D eigenvalue weighted by molar-refractivity contribution is -0.137. The lowest BCUT2D eigenvalue weighted by Gasteiger charge is -2.13. The van der Waals surface area contributed by atoms with Gasteiger partial charge in [0.1, 0.15) is 5.82 Å². The van der Waals surface area contributed by atoms with Crippen LogP contribution in [0.5, 0.6) is 0 Å². The van der Waals surface area contributed by atoms with Crippen molar-refractivity contribution in [3.8, 4) is 5.69 Å². The van der Waals surface area contributed by atoms with Crippen LogP contribution in [0.15, 0.2) is 30.6 Å². The number of aromatic nitrogens is 2. The van der Waals surface area contributed by atoms with Crippen molar-refractivity contribution < 1.29 is 23.1 Å². The average molecular weight is 284 g/mol. The maximum Gasteiger partial charge on any atom is 0.416 e. The molecule has 0 aliphatic rings. The van der Waals surface area contributed by atoms with Crippen LogP contribution in [0.4, 0.5) is 13.2 Å². The molecule has 0 aliphatic carbocycles. The van der Waals surface area contributed by atoms with E-state index >= 15 is 0 Å². The zero-order chi connectivity index (χ0) is 14.9. The number of nitrogens with zero attached hydrogens (tertiary/aromatic N) is 2. The van der Waals surface area contributed by atoms with Gasteiger partial charge in [0.2, 0.25) is 0 Å². The topological polar surface area (TPSA) is 55.1 Å². The largest absolute Gasteiger partial charge is 0.478 e. The molecule has 1 N–H and O–H groups in total. The summed E-state index contributed by atoms with van der Waals surface area (Å²) >= 11 is 0. The van der Waals surface area contributed by atoms with Crippen molar-refractivity contribution in [2.45, 2.75) is 19.5 Å². The van der Waals surface area contributed by atoms with Gasteiger partial charge >= 0.3 is 12.1 Å². The number of hydrogen-bond donors (Lipinski definition) is 1. The van der Waals surface area contributed by atoms with E-state index in [9.17, 15) is 18.0 Å². The Morgan fingerprint density at radius 1 is 1.40 bits per heavy atom. The number of carboxylic acids is 1. The van der Waals surface area contributed by atoms with Crippen LogP contribution in [0.1, 0.15) is 28.7 Å². The minimum absolute atomic E-state index is 0.167. The fourth-order valence-corrected chi connectivity index (χ4v) is 1.91. The van der Waals surface area contributed by atoms with Gasteiger partial charge in [-0.15, -0.1) is 0 Å². The van der Waals surface area contributed by atoms with Crippen LogP contribution in [-0.2, 0) is 12.6 Å². The van der Waals surface area contributed by atoms with Gasteiger partial charge < -0.3 is 9.67 Å². The predicted octanol–water partition coefficient (Wildman–Crippen LogP) is 3.15. The summed E-state index contributed by atoms with van der Waals surface area (Å²) in [5, 5.41) is 9.12. The molecule has 0 fully saturated rings. The number of aromatic carboxylic acids is 1. The Morgan fingerprint density at radius 3 is 2.65 bits per heavy atom. The molecule has 7 heteroatoms. The molecular formula is C13H11F3N2O2. The van der Waals surface area contributed by atoms with Crippen molar-refractivity contribution >= 4 is 5.97 Å². The highest BCUT2D eigenvalue weighted by molar-refractivity contribution is 5.92. The van der Waals surface area contributed by atoms with Gasteiger partial charge in [-0.1, -0.05) is 6.92 Å². The minimum Gasteiger partial charge on any atom is -0.478 e. The molecule has 4 nitrogen and oxygen atoms in total. The second kappa shape index (κ2) is 4.99. The summed E-state index contributed by atoms with van der Waals surface area (Å²) in [5.41, 5.74) is -1.23. The summed E-state index contributed by atoms with van der Waals surface area (Å²) < 4.78 is 39.4. The van der Waals surface area contributed by atoms with Gasteiger partial charge in [-0.3, -0.25) is 0 Å². The molecule has 0 unspecified atom stereocenters. The van der Waals surface area contributed by atoms with Crippen LogP contribution in [-0.4, -0.2) is 20.6 Å². The van der Waals surface area contributed by atoms with Gasteiger partial charge in [-0.25, -0.2) is 9.78 Å². The molecule has 0 spiro atoms. The molecule has 106 valence electrons. The molecule has 2 rings (SSSR count). The van der Waals surface area contributed by atoms with E-state index in [-0.39, 0.29) is 5.69 Å². The molecule has 0 radical (unpaired) electrons. The maximum absolute atomic E-state index is 12.6. The number of hydrogen-bond acceptors (Lipinski definition) is 2. The number of carboxylic acid groups (broad SMARTS) is 1. The zero-order valence-electron chi connectivity index (χ0n) is 10.5. The normalized spacial score (nSPS) is 11.6. The second-order valence-electron chi connectivity index (χ2n) is 4.10. The standard InChI is InChI=1S/C13H11F3N2O2/c1-2-11-17-5-6-18(11)10-4-3-8(13(14,15)16)7-9(10)12(19)20/h3-7H,2H2,1H3,(H,19,20). The molecule has 1 aromatic carbocycles. The third-order valence-corrected chi connectivity index (χ3v) is 2.85. The number of rotatable bonds is 3. The fourth-order valence-electron chi connectivity index (χ4n) is 1.91. The predicted molar refractivity (Wildman–Crippen MR) is 64.9 cm³/mol. The first-order valence-electron chi connectivity index (χ1n) is 5.81.